The van der Waals surface area contributed by atoms with Crippen molar-refractivity contribution in [3.05, 3.63) is 0 Å². The molecule has 1 fully saturated rings. The summed E-state index contributed by atoms with van der Waals surface area (Å²) in [7, 11) is 3.20. The predicted molar refractivity (Wildman–Crippen MR) is 96.4 cm³/mol. The Morgan fingerprint density at radius 3 is 2.50 bits per heavy atom. The quantitative estimate of drug-likeness (QED) is 0.545. The zero-order valence-corrected chi connectivity index (χ0v) is 15.8. The van der Waals surface area contributed by atoms with Crippen molar-refractivity contribution >= 4 is 12.1 Å². The molecule has 0 aromatic heterocycles. The molecule has 1 amide bonds. The monoisotopic (exact) mass is 342 g/mol. The molecule has 7 nitrogen and oxygen atoms in total. The van der Waals surface area contributed by atoms with Crippen LogP contribution in [0.2, 0.25) is 0 Å². The summed E-state index contributed by atoms with van der Waals surface area (Å²) in [6.45, 7) is 9.38. The lowest BCUT2D eigenvalue weighted by molar-refractivity contribution is 0.0258. The summed E-state index contributed by atoms with van der Waals surface area (Å²) in [6, 6.07) is 0.324. The normalized spacial score (nSPS) is 17.8. The number of nitrogens with zero attached hydrogens (tertiary/aromatic N) is 2. The SMILES string of the molecule is CCOC(CCNC(=NC)NC1CCN(C(=O)OC)CC1)C(C)C. The van der Waals surface area contributed by atoms with E-state index in [-0.39, 0.29) is 12.2 Å². The number of amides is 1. The first-order chi connectivity index (χ1) is 11.5. The molecule has 0 aliphatic carbocycles. The van der Waals surface area contributed by atoms with E-state index in [1.54, 1.807) is 11.9 Å². The van der Waals surface area contributed by atoms with Crippen LogP contribution < -0.4 is 10.6 Å². The number of ether oxygens (including phenoxy) is 2. The molecule has 0 spiro atoms. The van der Waals surface area contributed by atoms with Crippen molar-refractivity contribution in [1.82, 2.24) is 15.5 Å². The van der Waals surface area contributed by atoms with Gasteiger partial charge in [-0.2, -0.15) is 0 Å². The van der Waals surface area contributed by atoms with E-state index in [0.717, 1.165) is 38.4 Å². The fraction of sp³-hybridized carbons (Fsp3) is 0.882. The topological polar surface area (TPSA) is 75.2 Å². The van der Waals surface area contributed by atoms with Crippen LogP contribution in [-0.2, 0) is 9.47 Å². The molecule has 1 aliphatic rings. The van der Waals surface area contributed by atoms with Gasteiger partial charge in [-0.25, -0.2) is 4.79 Å². The highest BCUT2D eigenvalue weighted by molar-refractivity contribution is 5.80. The van der Waals surface area contributed by atoms with E-state index in [2.05, 4.69) is 29.5 Å². The summed E-state index contributed by atoms with van der Waals surface area (Å²) in [5.41, 5.74) is 0. The standard InChI is InChI=1S/C17H34N4O3/c1-6-24-15(13(2)3)7-10-19-16(18-4)20-14-8-11-21(12-9-14)17(22)23-5/h13-15H,6-12H2,1-5H3,(H2,18,19,20). The van der Waals surface area contributed by atoms with Gasteiger partial charge in [0.25, 0.3) is 0 Å². The van der Waals surface area contributed by atoms with Gasteiger partial charge in [0.15, 0.2) is 5.96 Å². The lowest BCUT2D eigenvalue weighted by Crippen LogP contribution is -2.50. The van der Waals surface area contributed by atoms with Crippen LogP contribution in [0.5, 0.6) is 0 Å². The second-order valence-corrected chi connectivity index (χ2v) is 6.40. The van der Waals surface area contributed by atoms with Crippen molar-refractivity contribution in [2.75, 3.05) is 40.4 Å². The van der Waals surface area contributed by atoms with Gasteiger partial charge in [-0.15, -0.1) is 0 Å². The number of guanidine groups is 1. The number of piperidine rings is 1. The molecule has 24 heavy (non-hydrogen) atoms. The number of hydrogen-bond donors (Lipinski definition) is 2. The van der Waals surface area contributed by atoms with Crippen LogP contribution in [0.4, 0.5) is 4.79 Å². The maximum absolute atomic E-state index is 11.5. The molecule has 0 saturated carbocycles. The zero-order chi connectivity index (χ0) is 17.9. The van der Waals surface area contributed by atoms with Gasteiger partial charge >= 0.3 is 6.09 Å². The van der Waals surface area contributed by atoms with Gasteiger partial charge < -0.3 is 25.0 Å². The summed E-state index contributed by atoms with van der Waals surface area (Å²) >= 11 is 0. The van der Waals surface area contributed by atoms with Crippen LogP contribution in [0, 0.1) is 5.92 Å². The van der Waals surface area contributed by atoms with Crippen LogP contribution in [0.3, 0.4) is 0 Å². The average molecular weight is 342 g/mol. The van der Waals surface area contributed by atoms with Crippen LogP contribution in [0.1, 0.15) is 40.0 Å². The molecule has 1 aliphatic heterocycles. The summed E-state index contributed by atoms with van der Waals surface area (Å²) < 4.78 is 10.5. The Kier molecular flexibility index (Phi) is 9.52. The number of rotatable bonds is 7. The van der Waals surface area contributed by atoms with E-state index in [9.17, 15) is 4.79 Å². The number of methoxy groups -OCH3 is 1. The molecule has 1 unspecified atom stereocenters. The van der Waals surface area contributed by atoms with E-state index in [1.165, 1.54) is 7.11 Å². The van der Waals surface area contributed by atoms with Gasteiger partial charge in [0.1, 0.15) is 0 Å². The summed E-state index contributed by atoms with van der Waals surface area (Å²) in [5.74, 6) is 1.31. The van der Waals surface area contributed by atoms with Gasteiger partial charge in [-0.05, 0) is 32.1 Å². The van der Waals surface area contributed by atoms with Crippen molar-refractivity contribution in [3.63, 3.8) is 0 Å². The van der Waals surface area contributed by atoms with Crippen molar-refractivity contribution in [2.45, 2.75) is 52.2 Å². The first-order valence-corrected chi connectivity index (χ1v) is 8.93. The first kappa shape index (κ1) is 20.5. The predicted octanol–water partition coefficient (Wildman–Crippen LogP) is 1.83. The lowest BCUT2D eigenvalue weighted by atomic mass is 10.0. The Morgan fingerprint density at radius 2 is 2.00 bits per heavy atom. The molecule has 2 N–H and O–H groups in total. The highest BCUT2D eigenvalue weighted by atomic mass is 16.5. The highest BCUT2D eigenvalue weighted by Gasteiger charge is 2.23. The second-order valence-electron chi connectivity index (χ2n) is 6.40. The zero-order valence-electron chi connectivity index (χ0n) is 15.8. The van der Waals surface area contributed by atoms with Gasteiger partial charge in [-0.1, -0.05) is 13.8 Å². The van der Waals surface area contributed by atoms with E-state index >= 15 is 0 Å². The van der Waals surface area contributed by atoms with Gasteiger partial charge in [-0.3, -0.25) is 4.99 Å². The van der Waals surface area contributed by atoms with Crippen LogP contribution in [0.15, 0.2) is 4.99 Å². The summed E-state index contributed by atoms with van der Waals surface area (Å²) in [6.07, 6.45) is 2.76. The van der Waals surface area contributed by atoms with E-state index in [0.29, 0.717) is 25.0 Å². The fourth-order valence-corrected chi connectivity index (χ4v) is 2.88. The van der Waals surface area contributed by atoms with Crippen molar-refractivity contribution < 1.29 is 14.3 Å². The van der Waals surface area contributed by atoms with E-state index in [1.807, 2.05) is 6.92 Å². The molecule has 0 radical (unpaired) electrons. The molecule has 0 bridgehead atoms. The number of hydrogen-bond acceptors (Lipinski definition) is 4. The van der Waals surface area contributed by atoms with Crippen molar-refractivity contribution in [3.8, 4) is 0 Å². The summed E-state index contributed by atoms with van der Waals surface area (Å²) in [4.78, 5) is 17.5. The minimum absolute atomic E-state index is 0.244. The molecule has 7 heteroatoms. The van der Waals surface area contributed by atoms with Gasteiger partial charge in [0.05, 0.1) is 13.2 Å². The van der Waals surface area contributed by atoms with Gasteiger partial charge in [0, 0.05) is 39.3 Å². The third kappa shape index (κ3) is 6.95. The van der Waals surface area contributed by atoms with Gasteiger partial charge in [0.2, 0.25) is 0 Å². The third-order valence-corrected chi connectivity index (χ3v) is 4.34. The van der Waals surface area contributed by atoms with E-state index < -0.39 is 0 Å². The Balaban J connectivity index is 2.32. The maximum atomic E-state index is 11.5. The Labute approximate surface area is 146 Å². The smallest absolute Gasteiger partial charge is 0.409 e. The van der Waals surface area contributed by atoms with Crippen molar-refractivity contribution in [2.24, 2.45) is 10.9 Å². The Hall–Kier alpha value is -1.50. The molecular weight excluding hydrogens is 308 g/mol. The number of carbonyl (C=O) groups excluding carboxylic acids is 1. The molecule has 0 aromatic rings. The van der Waals surface area contributed by atoms with E-state index in [4.69, 9.17) is 9.47 Å². The average Bonchev–Trinajstić information content (AvgIpc) is 2.59. The molecule has 1 heterocycles. The number of likely N-dealkylation sites (tertiary alicyclic amines) is 1. The third-order valence-electron chi connectivity index (χ3n) is 4.34. The maximum Gasteiger partial charge on any atom is 0.409 e. The minimum Gasteiger partial charge on any atom is -0.453 e. The minimum atomic E-state index is -0.244. The Bertz CT molecular complexity index is 393. The number of carbonyl (C=O) groups is 1. The lowest BCUT2D eigenvalue weighted by Gasteiger charge is -2.32. The fourth-order valence-electron chi connectivity index (χ4n) is 2.88. The number of nitrogens with one attached hydrogen (secondary N) is 2. The first-order valence-electron chi connectivity index (χ1n) is 8.93. The summed E-state index contributed by atoms with van der Waals surface area (Å²) in [5, 5.41) is 6.80. The number of aliphatic imine (C=N–C) groups is 1. The molecule has 0 aromatic carbocycles. The van der Waals surface area contributed by atoms with Crippen molar-refractivity contribution in [1.29, 1.82) is 0 Å². The van der Waals surface area contributed by atoms with Crippen LogP contribution in [-0.4, -0.2) is 69.5 Å². The molecule has 1 saturated heterocycles. The Morgan fingerprint density at radius 1 is 1.33 bits per heavy atom. The molecule has 1 rings (SSSR count). The van der Waals surface area contributed by atoms with Crippen LogP contribution in [0.25, 0.3) is 0 Å². The molecular formula is C17H34N4O3. The highest BCUT2D eigenvalue weighted by Crippen LogP contribution is 2.12. The van der Waals surface area contributed by atoms with Crippen LogP contribution >= 0.6 is 0 Å². The largest absolute Gasteiger partial charge is 0.453 e. The second kappa shape index (κ2) is 11.1. The molecule has 1 atom stereocenters. The molecule has 140 valence electrons.